The molecule has 0 unspecified atom stereocenters. The first-order chi connectivity index (χ1) is 13.2. The molecular formula is C20H20N4O3. The van der Waals surface area contributed by atoms with Gasteiger partial charge in [0.25, 0.3) is 5.91 Å². The molecule has 7 nitrogen and oxygen atoms in total. The normalized spacial score (nSPS) is 10.4. The van der Waals surface area contributed by atoms with Crippen molar-refractivity contribution < 1.29 is 14.6 Å². The lowest BCUT2D eigenvalue weighted by atomic mass is 10.2. The number of benzene rings is 1. The molecule has 0 aliphatic rings. The van der Waals surface area contributed by atoms with E-state index in [1.807, 2.05) is 19.1 Å². The molecule has 138 valence electrons. The molecular weight excluding hydrogens is 344 g/mol. The smallest absolute Gasteiger partial charge is 0.251 e. The number of aryl methyl sites for hydroxylation is 1. The summed E-state index contributed by atoms with van der Waals surface area (Å²) in [7, 11) is 0. The summed E-state index contributed by atoms with van der Waals surface area (Å²) < 4.78 is 5.88. The Morgan fingerprint density at radius 1 is 1.15 bits per heavy atom. The van der Waals surface area contributed by atoms with Gasteiger partial charge in [-0.2, -0.15) is 4.98 Å². The molecule has 3 rings (SSSR count). The highest BCUT2D eigenvalue weighted by Gasteiger charge is 2.10. The summed E-state index contributed by atoms with van der Waals surface area (Å²) in [6.45, 7) is 2.10. The monoisotopic (exact) mass is 364 g/mol. The molecule has 2 heterocycles. The first-order valence-corrected chi connectivity index (χ1v) is 8.65. The lowest BCUT2D eigenvalue weighted by molar-refractivity contribution is 0.0944. The molecule has 7 heteroatoms. The molecule has 2 aromatic heterocycles. The van der Waals surface area contributed by atoms with E-state index in [1.54, 1.807) is 42.7 Å². The fourth-order valence-corrected chi connectivity index (χ4v) is 2.43. The van der Waals surface area contributed by atoms with Gasteiger partial charge in [0.15, 0.2) is 5.82 Å². The zero-order chi connectivity index (χ0) is 19.1. The van der Waals surface area contributed by atoms with Crippen molar-refractivity contribution in [3.63, 3.8) is 0 Å². The van der Waals surface area contributed by atoms with Crippen LogP contribution in [0.5, 0.6) is 11.6 Å². The highest BCUT2D eigenvalue weighted by molar-refractivity contribution is 5.94. The summed E-state index contributed by atoms with van der Waals surface area (Å²) >= 11 is 0. The van der Waals surface area contributed by atoms with Crippen LogP contribution in [-0.4, -0.2) is 39.1 Å². The topological polar surface area (TPSA) is 97.2 Å². The van der Waals surface area contributed by atoms with Crippen molar-refractivity contribution in [3.05, 3.63) is 66.1 Å². The van der Waals surface area contributed by atoms with Crippen molar-refractivity contribution >= 4 is 5.91 Å². The molecule has 0 aliphatic carbocycles. The summed E-state index contributed by atoms with van der Waals surface area (Å²) in [6, 6.07) is 12.3. The third-order valence-electron chi connectivity index (χ3n) is 3.77. The van der Waals surface area contributed by atoms with E-state index in [-0.39, 0.29) is 19.1 Å². The minimum atomic E-state index is -0.274. The van der Waals surface area contributed by atoms with E-state index in [0.29, 0.717) is 23.0 Å². The molecule has 0 atom stereocenters. The van der Waals surface area contributed by atoms with Crippen molar-refractivity contribution in [3.8, 4) is 23.0 Å². The minimum absolute atomic E-state index is 0.111. The summed E-state index contributed by atoms with van der Waals surface area (Å²) in [5.74, 6) is 1.18. The number of nitrogens with zero attached hydrogens (tertiary/aromatic N) is 3. The number of carbonyl (C=O) groups excluding carboxylic acids is 1. The zero-order valence-corrected chi connectivity index (χ0v) is 14.9. The number of aromatic nitrogens is 3. The quantitative estimate of drug-likeness (QED) is 0.669. The van der Waals surface area contributed by atoms with Gasteiger partial charge in [-0.25, -0.2) is 4.98 Å². The van der Waals surface area contributed by atoms with E-state index in [0.717, 1.165) is 17.7 Å². The lowest BCUT2D eigenvalue weighted by Crippen LogP contribution is -2.26. The summed E-state index contributed by atoms with van der Waals surface area (Å²) in [5.41, 5.74) is 2.14. The second kappa shape index (κ2) is 8.86. The number of aliphatic hydroxyl groups excluding tert-OH is 1. The van der Waals surface area contributed by atoms with Gasteiger partial charge in [-0.15, -0.1) is 0 Å². The number of pyridine rings is 1. The van der Waals surface area contributed by atoms with Crippen LogP contribution < -0.4 is 10.1 Å². The second-order valence-electron chi connectivity index (χ2n) is 5.72. The Hall–Kier alpha value is -3.32. The van der Waals surface area contributed by atoms with Crippen molar-refractivity contribution in [2.75, 3.05) is 13.2 Å². The molecule has 0 spiro atoms. The summed E-state index contributed by atoms with van der Waals surface area (Å²) in [6.07, 6.45) is 4.11. The molecule has 27 heavy (non-hydrogen) atoms. The van der Waals surface area contributed by atoms with Crippen LogP contribution in [0.25, 0.3) is 11.4 Å². The Morgan fingerprint density at radius 3 is 2.70 bits per heavy atom. The number of hydrogen-bond acceptors (Lipinski definition) is 6. The van der Waals surface area contributed by atoms with E-state index in [1.165, 1.54) is 0 Å². The van der Waals surface area contributed by atoms with Gasteiger partial charge in [0.2, 0.25) is 5.88 Å². The minimum Gasteiger partial charge on any atom is -0.439 e. The average Bonchev–Trinajstić information content (AvgIpc) is 2.72. The molecule has 0 fully saturated rings. The predicted octanol–water partition coefficient (Wildman–Crippen LogP) is 2.62. The van der Waals surface area contributed by atoms with Crippen LogP contribution in [-0.2, 0) is 6.42 Å². The predicted molar refractivity (Wildman–Crippen MR) is 101 cm³/mol. The fourth-order valence-electron chi connectivity index (χ4n) is 2.43. The average molecular weight is 364 g/mol. The highest BCUT2D eigenvalue weighted by Crippen LogP contribution is 2.24. The molecule has 0 aliphatic heterocycles. The van der Waals surface area contributed by atoms with Crippen molar-refractivity contribution in [2.24, 2.45) is 0 Å². The standard InChI is InChI=1S/C20H20N4O3/c1-2-16-13-18(24-19(23-16)14-6-8-21-9-7-14)27-17-5-3-4-15(12-17)20(26)22-10-11-25/h3-9,12-13,25H,2,10-11H2,1H3,(H,22,26). The first kappa shape index (κ1) is 18.5. The van der Waals surface area contributed by atoms with Gasteiger partial charge < -0.3 is 15.2 Å². The number of carbonyl (C=O) groups is 1. The van der Waals surface area contributed by atoms with Crippen molar-refractivity contribution in [1.82, 2.24) is 20.3 Å². The maximum atomic E-state index is 12.0. The number of amides is 1. The Labute approximate surface area is 157 Å². The van der Waals surface area contributed by atoms with Gasteiger partial charge in [0.1, 0.15) is 5.75 Å². The number of rotatable bonds is 7. The van der Waals surface area contributed by atoms with Gasteiger partial charge in [-0.3, -0.25) is 9.78 Å². The van der Waals surface area contributed by atoms with Gasteiger partial charge in [-0.05, 0) is 36.8 Å². The number of hydrogen-bond donors (Lipinski definition) is 2. The molecule has 3 aromatic rings. The van der Waals surface area contributed by atoms with E-state index >= 15 is 0 Å². The van der Waals surface area contributed by atoms with Crippen LogP contribution in [0.4, 0.5) is 0 Å². The first-order valence-electron chi connectivity index (χ1n) is 8.65. The van der Waals surface area contributed by atoms with E-state index in [4.69, 9.17) is 9.84 Å². The van der Waals surface area contributed by atoms with Crippen LogP contribution in [0.3, 0.4) is 0 Å². The third kappa shape index (κ3) is 4.86. The van der Waals surface area contributed by atoms with Crippen LogP contribution in [0.2, 0.25) is 0 Å². The van der Waals surface area contributed by atoms with Crippen molar-refractivity contribution in [1.29, 1.82) is 0 Å². The Kier molecular flexibility index (Phi) is 6.06. The zero-order valence-electron chi connectivity index (χ0n) is 14.9. The second-order valence-corrected chi connectivity index (χ2v) is 5.72. The molecule has 0 radical (unpaired) electrons. The molecule has 0 saturated heterocycles. The maximum Gasteiger partial charge on any atom is 0.251 e. The van der Waals surface area contributed by atoms with Gasteiger partial charge in [-0.1, -0.05) is 13.0 Å². The van der Waals surface area contributed by atoms with E-state index in [2.05, 4.69) is 20.3 Å². The van der Waals surface area contributed by atoms with Gasteiger partial charge in [0, 0.05) is 41.8 Å². The SMILES string of the molecule is CCc1cc(Oc2cccc(C(=O)NCCO)c2)nc(-c2ccncc2)n1. The lowest BCUT2D eigenvalue weighted by Gasteiger charge is -2.10. The van der Waals surface area contributed by atoms with Gasteiger partial charge >= 0.3 is 0 Å². The van der Waals surface area contributed by atoms with Crippen LogP contribution in [0.1, 0.15) is 23.0 Å². The van der Waals surface area contributed by atoms with Crippen LogP contribution >= 0.6 is 0 Å². The van der Waals surface area contributed by atoms with Crippen LogP contribution in [0, 0.1) is 0 Å². The summed E-state index contributed by atoms with van der Waals surface area (Å²) in [4.78, 5) is 25.1. The van der Waals surface area contributed by atoms with Crippen molar-refractivity contribution in [2.45, 2.75) is 13.3 Å². The molecule has 0 saturated carbocycles. The van der Waals surface area contributed by atoms with E-state index < -0.39 is 0 Å². The Balaban J connectivity index is 1.86. The highest BCUT2D eigenvalue weighted by atomic mass is 16.5. The molecule has 1 aromatic carbocycles. The fraction of sp³-hybridized carbons (Fsp3) is 0.200. The maximum absolute atomic E-state index is 12.0. The van der Waals surface area contributed by atoms with E-state index in [9.17, 15) is 4.79 Å². The Bertz CT molecular complexity index is 916. The number of ether oxygens (including phenoxy) is 1. The van der Waals surface area contributed by atoms with Gasteiger partial charge in [0.05, 0.1) is 6.61 Å². The molecule has 2 N–H and O–H groups in total. The Morgan fingerprint density at radius 2 is 1.96 bits per heavy atom. The summed E-state index contributed by atoms with van der Waals surface area (Å²) in [5, 5.41) is 11.4. The third-order valence-corrected chi connectivity index (χ3v) is 3.77. The molecule has 0 bridgehead atoms. The largest absolute Gasteiger partial charge is 0.439 e. The van der Waals surface area contributed by atoms with Crippen LogP contribution in [0.15, 0.2) is 54.9 Å². The molecule has 1 amide bonds. The number of nitrogens with one attached hydrogen (secondary N) is 1. The number of aliphatic hydroxyl groups is 1.